The average Bonchev–Trinajstić information content (AvgIpc) is 3.32. The first kappa shape index (κ1) is 24.8. The second-order valence-electron chi connectivity index (χ2n) is 8.52. The zero-order chi connectivity index (χ0) is 26.2. The molecule has 1 aliphatic rings. The van der Waals surface area contributed by atoms with Gasteiger partial charge in [-0.2, -0.15) is 17.5 Å². The molecule has 0 radical (unpaired) electrons. The van der Waals surface area contributed by atoms with E-state index in [1.165, 1.54) is 0 Å². The number of rotatable bonds is 7. The molecule has 0 atom stereocenters. The summed E-state index contributed by atoms with van der Waals surface area (Å²) in [6.07, 6.45) is -4.41. The first-order valence-corrected chi connectivity index (χ1v) is 12.7. The molecule has 2 heterocycles. The number of benzene rings is 3. The lowest BCUT2D eigenvalue weighted by Gasteiger charge is -2.23. The quantitative estimate of drug-likeness (QED) is 0.374. The van der Waals surface area contributed by atoms with Crippen LogP contribution in [-0.2, 0) is 29.2 Å². The number of hydrogen-bond acceptors (Lipinski definition) is 5. The zero-order valence-electron chi connectivity index (χ0n) is 19.3. The molecule has 1 N–H and O–H groups in total. The van der Waals surface area contributed by atoms with Gasteiger partial charge in [-0.1, -0.05) is 36.4 Å². The number of hydrogen-bond donors (Lipinski definition) is 1. The highest BCUT2D eigenvalue weighted by Crippen LogP contribution is 2.35. The Labute approximate surface area is 210 Å². The second-order valence-corrected chi connectivity index (χ2v) is 10.5. The van der Waals surface area contributed by atoms with Gasteiger partial charge in [-0.25, -0.2) is 8.42 Å². The molecule has 11 heteroatoms. The molecule has 1 aromatic heterocycles. The number of alkyl halides is 3. The first-order chi connectivity index (χ1) is 17.6. The smallest absolute Gasteiger partial charge is 0.416 e. The molecule has 5 rings (SSSR count). The Balaban J connectivity index is 1.53. The Morgan fingerprint density at radius 3 is 2.38 bits per heavy atom. The van der Waals surface area contributed by atoms with E-state index in [-0.39, 0.29) is 25.4 Å². The molecule has 1 aliphatic heterocycles. The number of H-pyrrole nitrogens is 1. The van der Waals surface area contributed by atoms with Gasteiger partial charge in [0, 0.05) is 30.1 Å². The SMILES string of the molecule is O=c1[nH]c2cc3c(cc2cc1CN(CCc1ccccc1)S(=O)(=O)c1cccc(C(F)(F)F)c1)OCO3. The molecular weight excluding hydrogens is 509 g/mol. The fourth-order valence-corrected chi connectivity index (χ4v) is 5.58. The molecule has 0 unspecified atom stereocenters. The molecule has 37 heavy (non-hydrogen) atoms. The number of sulfonamides is 1. The summed E-state index contributed by atoms with van der Waals surface area (Å²) in [5.41, 5.74) is -0.136. The van der Waals surface area contributed by atoms with Gasteiger partial charge in [0.2, 0.25) is 16.8 Å². The fourth-order valence-electron chi connectivity index (χ4n) is 4.11. The molecule has 0 aliphatic carbocycles. The fraction of sp³-hybridized carbons (Fsp3) is 0.192. The molecule has 4 aromatic rings. The first-order valence-electron chi connectivity index (χ1n) is 11.3. The number of nitrogens with zero attached hydrogens (tertiary/aromatic N) is 1. The minimum atomic E-state index is -4.71. The topological polar surface area (TPSA) is 88.7 Å². The second kappa shape index (κ2) is 9.56. The van der Waals surface area contributed by atoms with E-state index in [0.29, 0.717) is 34.9 Å². The van der Waals surface area contributed by atoms with Crippen molar-refractivity contribution < 1.29 is 31.1 Å². The predicted molar refractivity (Wildman–Crippen MR) is 130 cm³/mol. The van der Waals surface area contributed by atoms with Gasteiger partial charge in [0.25, 0.3) is 5.56 Å². The van der Waals surface area contributed by atoms with E-state index in [1.54, 1.807) is 30.3 Å². The summed E-state index contributed by atoms with van der Waals surface area (Å²) in [5.74, 6) is 0.968. The summed E-state index contributed by atoms with van der Waals surface area (Å²) in [6.45, 7) is -0.350. The number of fused-ring (bicyclic) bond motifs is 2. The molecule has 0 bridgehead atoms. The lowest BCUT2D eigenvalue weighted by Crippen LogP contribution is -2.34. The maximum atomic E-state index is 13.6. The number of aromatic nitrogens is 1. The van der Waals surface area contributed by atoms with Gasteiger partial charge in [-0.3, -0.25) is 4.79 Å². The van der Waals surface area contributed by atoms with Crippen molar-refractivity contribution in [1.82, 2.24) is 9.29 Å². The number of halogens is 3. The Hall–Kier alpha value is -3.83. The van der Waals surface area contributed by atoms with Crippen LogP contribution in [0.4, 0.5) is 13.2 Å². The van der Waals surface area contributed by atoms with Crippen molar-refractivity contribution in [2.75, 3.05) is 13.3 Å². The number of aromatic amines is 1. The zero-order valence-corrected chi connectivity index (χ0v) is 20.1. The maximum absolute atomic E-state index is 13.6. The van der Waals surface area contributed by atoms with Crippen molar-refractivity contribution >= 4 is 20.9 Å². The van der Waals surface area contributed by atoms with E-state index in [0.717, 1.165) is 28.1 Å². The monoisotopic (exact) mass is 530 g/mol. The van der Waals surface area contributed by atoms with Crippen LogP contribution in [-0.4, -0.2) is 31.0 Å². The van der Waals surface area contributed by atoms with Gasteiger partial charge in [0.05, 0.1) is 16.0 Å². The Bertz CT molecular complexity index is 1620. The van der Waals surface area contributed by atoms with E-state index >= 15 is 0 Å². The van der Waals surface area contributed by atoms with Crippen LogP contribution in [0.1, 0.15) is 16.7 Å². The molecule has 3 aromatic carbocycles. The number of ether oxygens (including phenoxy) is 2. The summed E-state index contributed by atoms with van der Waals surface area (Å²) in [6, 6.07) is 17.5. The van der Waals surface area contributed by atoms with Crippen LogP contribution in [0.2, 0.25) is 0 Å². The Morgan fingerprint density at radius 2 is 1.65 bits per heavy atom. The molecule has 0 amide bonds. The minimum Gasteiger partial charge on any atom is -0.454 e. The van der Waals surface area contributed by atoms with Crippen LogP contribution in [0.25, 0.3) is 10.9 Å². The predicted octanol–water partition coefficient (Wildman–Crippen LogP) is 4.71. The van der Waals surface area contributed by atoms with Gasteiger partial charge in [0.1, 0.15) is 0 Å². The van der Waals surface area contributed by atoms with E-state index in [2.05, 4.69) is 4.98 Å². The van der Waals surface area contributed by atoms with Gasteiger partial charge in [-0.05, 0) is 42.3 Å². The van der Waals surface area contributed by atoms with Crippen LogP contribution in [0.15, 0.2) is 82.5 Å². The van der Waals surface area contributed by atoms with E-state index in [4.69, 9.17) is 9.47 Å². The molecule has 192 valence electrons. The van der Waals surface area contributed by atoms with Crippen LogP contribution in [0, 0.1) is 0 Å². The summed E-state index contributed by atoms with van der Waals surface area (Å²) >= 11 is 0. The highest BCUT2D eigenvalue weighted by atomic mass is 32.2. The summed E-state index contributed by atoms with van der Waals surface area (Å²) in [7, 11) is -4.40. The summed E-state index contributed by atoms with van der Waals surface area (Å²) < 4.78 is 78.8. The molecule has 0 saturated heterocycles. The van der Waals surface area contributed by atoms with E-state index in [1.807, 2.05) is 18.2 Å². The van der Waals surface area contributed by atoms with Gasteiger partial charge < -0.3 is 14.5 Å². The average molecular weight is 531 g/mol. The van der Waals surface area contributed by atoms with Crippen molar-refractivity contribution in [2.24, 2.45) is 0 Å². The minimum absolute atomic E-state index is 0.0469. The van der Waals surface area contributed by atoms with Crippen LogP contribution >= 0.6 is 0 Å². The third-order valence-corrected chi connectivity index (χ3v) is 7.89. The largest absolute Gasteiger partial charge is 0.454 e. The molecule has 0 spiro atoms. The molecule has 7 nitrogen and oxygen atoms in total. The number of pyridine rings is 1. The van der Waals surface area contributed by atoms with Crippen LogP contribution in [0.3, 0.4) is 0 Å². The molecular formula is C26H21F3N2O5S. The molecule has 0 fully saturated rings. The van der Waals surface area contributed by atoms with Crippen molar-refractivity contribution in [3.8, 4) is 11.5 Å². The van der Waals surface area contributed by atoms with Crippen molar-refractivity contribution in [3.63, 3.8) is 0 Å². The lowest BCUT2D eigenvalue weighted by molar-refractivity contribution is -0.137. The van der Waals surface area contributed by atoms with Gasteiger partial charge >= 0.3 is 6.18 Å². The third-order valence-electron chi connectivity index (χ3n) is 6.05. The summed E-state index contributed by atoms with van der Waals surface area (Å²) in [5, 5.41) is 0.596. The third kappa shape index (κ3) is 5.18. The van der Waals surface area contributed by atoms with Crippen LogP contribution in [0.5, 0.6) is 11.5 Å². The Morgan fingerprint density at radius 1 is 0.919 bits per heavy atom. The van der Waals surface area contributed by atoms with Gasteiger partial charge in [-0.15, -0.1) is 0 Å². The van der Waals surface area contributed by atoms with Gasteiger partial charge in [0.15, 0.2) is 11.5 Å². The van der Waals surface area contributed by atoms with E-state index < -0.39 is 32.2 Å². The standard InChI is InChI=1S/C26H21F3N2O5S/c27-26(28,29)20-7-4-8-21(13-20)37(33,34)31(10-9-17-5-2-1-3-6-17)15-19-11-18-12-23-24(36-16-35-23)14-22(18)30-25(19)32/h1-8,11-14H,9-10,15-16H2,(H,30,32). The van der Waals surface area contributed by atoms with Crippen LogP contribution < -0.4 is 15.0 Å². The highest BCUT2D eigenvalue weighted by Gasteiger charge is 2.33. The maximum Gasteiger partial charge on any atom is 0.416 e. The number of nitrogens with one attached hydrogen (secondary N) is 1. The van der Waals surface area contributed by atoms with Crippen molar-refractivity contribution in [2.45, 2.75) is 24.0 Å². The van der Waals surface area contributed by atoms with Crippen molar-refractivity contribution in [3.05, 3.63) is 99.8 Å². The normalized spacial score (nSPS) is 13.4. The Kier molecular flexibility index (Phi) is 6.42. The molecule has 0 saturated carbocycles. The summed E-state index contributed by atoms with van der Waals surface area (Å²) in [4.78, 5) is 15.1. The van der Waals surface area contributed by atoms with E-state index in [9.17, 15) is 26.4 Å². The van der Waals surface area contributed by atoms with Crippen molar-refractivity contribution in [1.29, 1.82) is 0 Å². The highest BCUT2D eigenvalue weighted by molar-refractivity contribution is 7.89. The lowest BCUT2D eigenvalue weighted by atomic mass is 10.1.